The number of aryl methyl sites for hydroxylation is 1. The molecule has 0 bridgehead atoms. The Labute approximate surface area is 200 Å². The number of likely N-dealkylation sites (tertiary alicyclic amines) is 1. The number of hydrogen-bond acceptors (Lipinski definition) is 4. The van der Waals surface area contributed by atoms with Crippen LogP contribution in [0.4, 0.5) is 0 Å². The lowest BCUT2D eigenvalue weighted by Gasteiger charge is -2.42. The molecule has 1 heterocycles. The average molecular weight is 464 g/mol. The van der Waals surface area contributed by atoms with Crippen molar-refractivity contribution in [3.63, 3.8) is 0 Å². The van der Waals surface area contributed by atoms with E-state index in [0.29, 0.717) is 42.9 Å². The van der Waals surface area contributed by atoms with Gasteiger partial charge in [0.2, 0.25) is 0 Å². The molecule has 2 N–H and O–H groups in total. The van der Waals surface area contributed by atoms with E-state index in [0.717, 1.165) is 16.7 Å². The Hall–Kier alpha value is -2.50. The van der Waals surface area contributed by atoms with E-state index in [1.165, 1.54) is 0 Å². The van der Waals surface area contributed by atoms with Gasteiger partial charge in [0.15, 0.2) is 5.78 Å². The molecule has 2 atom stereocenters. The van der Waals surface area contributed by atoms with E-state index in [4.69, 9.17) is 11.6 Å². The second-order valence-electron chi connectivity index (χ2n) is 8.98. The molecular weight excluding hydrogens is 434 g/mol. The van der Waals surface area contributed by atoms with E-state index >= 15 is 0 Å². The first-order chi connectivity index (χ1) is 15.9. The first-order valence-electron chi connectivity index (χ1n) is 11.4. The molecule has 3 aromatic rings. The van der Waals surface area contributed by atoms with Crippen molar-refractivity contribution in [1.29, 1.82) is 0 Å². The molecule has 3 aromatic carbocycles. The number of Topliss-reactive ketones (excluding diaryl/α,β-unsaturated/α-hetero) is 1. The molecule has 2 unspecified atom stereocenters. The van der Waals surface area contributed by atoms with Crippen molar-refractivity contribution in [2.75, 3.05) is 13.1 Å². The smallest absolute Gasteiger partial charge is 0.191 e. The summed E-state index contributed by atoms with van der Waals surface area (Å²) in [5.41, 5.74) is 2.63. The van der Waals surface area contributed by atoms with Crippen LogP contribution in [0, 0.1) is 6.92 Å². The van der Waals surface area contributed by atoms with Gasteiger partial charge in [-0.25, -0.2) is 0 Å². The predicted octanol–water partition coefficient (Wildman–Crippen LogP) is 5.31. The molecule has 0 saturated carbocycles. The van der Waals surface area contributed by atoms with Crippen LogP contribution in [0.3, 0.4) is 0 Å². The van der Waals surface area contributed by atoms with Gasteiger partial charge in [-0.3, -0.25) is 9.69 Å². The van der Waals surface area contributed by atoms with Gasteiger partial charge in [0.25, 0.3) is 0 Å². The lowest BCUT2D eigenvalue weighted by molar-refractivity contribution is -0.0402. The predicted molar refractivity (Wildman–Crippen MR) is 131 cm³/mol. The van der Waals surface area contributed by atoms with E-state index in [9.17, 15) is 15.0 Å². The SMILES string of the molecule is Cc1ccc(C(=O)C(O)CC(c2ccccc2)N2CCC(O)(c3ccc(Cl)cc3)CC2)cc1. The van der Waals surface area contributed by atoms with E-state index in [2.05, 4.69) is 4.90 Å². The van der Waals surface area contributed by atoms with Crippen molar-refractivity contribution in [3.8, 4) is 0 Å². The van der Waals surface area contributed by atoms with Gasteiger partial charge in [0.05, 0.1) is 5.60 Å². The van der Waals surface area contributed by atoms with E-state index in [1.54, 1.807) is 24.3 Å². The number of rotatable bonds is 7. The lowest BCUT2D eigenvalue weighted by atomic mass is 9.83. The number of nitrogens with zero attached hydrogens (tertiary/aromatic N) is 1. The Morgan fingerprint density at radius 2 is 1.58 bits per heavy atom. The van der Waals surface area contributed by atoms with E-state index in [1.807, 2.05) is 61.5 Å². The number of halogens is 1. The zero-order valence-electron chi connectivity index (χ0n) is 18.8. The Bertz CT molecular complexity index is 1060. The van der Waals surface area contributed by atoms with Crippen LogP contribution >= 0.6 is 11.6 Å². The van der Waals surface area contributed by atoms with Gasteiger partial charge < -0.3 is 10.2 Å². The normalized spacial score (nSPS) is 17.9. The summed E-state index contributed by atoms with van der Waals surface area (Å²) in [7, 11) is 0. The van der Waals surface area contributed by atoms with Crippen LogP contribution in [0.15, 0.2) is 78.9 Å². The van der Waals surface area contributed by atoms with Crippen molar-refractivity contribution in [2.45, 2.75) is 43.9 Å². The molecule has 0 aromatic heterocycles. The third-order valence-electron chi connectivity index (χ3n) is 6.72. The van der Waals surface area contributed by atoms with E-state index < -0.39 is 11.7 Å². The third kappa shape index (κ3) is 5.53. The summed E-state index contributed by atoms with van der Waals surface area (Å²) in [4.78, 5) is 15.2. The highest BCUT2D eigenvalue weighted by atomic mass is 35.5. The number of piperidine rings is 1. The average Bonchev–Trinajstić information content (AvgIpc) is 2.84. The first kappa shape index (κ1) is 23.7. The molecule has 5 heteroatoms. The summed E-state index contributed by atoms with van der Waals surface area (Å²) in [6.45, 7) is 3.28. The lowest BCUT2D eigenvalue weighted by Crippen LogP contribution is -2.45. The number of aliphatic hydroxyl groups is 2. The van der Waals surface area contributed by atoms with Crippen molar-refractivity contribution >= 4 is 17.4 Å². The molecule has 172 valence electrons. The Morgan fingerprint density at radius 3 is 2.18 bits per heavy atom. The van der Waals surface area contributed by atoms with Crippen LogP contribution in [0.2, 0.25) is 5.02 Å². The maximum absolute atomic E-state index is 12.9. The van der Waals surface area contributed by atoms with Crippen LogP contribution in [0.25, 0.3) is 0 Å². The minimum atomic E-state index is -1.10. The largest absolute Gasteiger partial charge is 0.385 e. The van der Waals surface area contributed by atoms with Gasteiger partial charge in [-0.2, -0.15) is 0 Å². The zero-order valence-corrected chi connectivity index (χ0v) is 19.6. The monoisotopic (exact) mass is 463 g/mol. The zero-order chi connectivity index (χ0) is 23.4. The highest BCUT2D eigenvalue weighted by molar-refractivity contribution is 6.30. The fourth-order valence-electron chi connectivity index (χ4n) is 4.65. The van der Waals surface area contributed by atoms with Crippen molar-refractivity contribution in [3.05, 3.63) is 106 Å². The van der Waals surface area contributed by atoms with Crippen molar-refractivity contribution in [1.82, 2.24) is 4.90 Å². The number of carbonyl (C=O) groups is 1. The maximum Gasteiger partial charge on any atom is 0.191 e. The molecule has 1 saturated heterocycles. The molecule has 1 aliphatic heterocycles. The first-order valence-corrected chi connectivity index (χ1v) is 11.8. The second-order valence-corrected chi connectivity index (χ2v) is 9.42. The topological polar surface area (TPSA) is 60.8 Å². The van der Waals surface area contributed by atoms with Crippen LogP contribution in [-0.4, -0.2) is 40.1 Å². The quantitative estimate of drug-likeness (QED) is 0.466. The molecular formula is C28H30ClNO3. The van der Waals surface area contributed by atoms with Crippen molar-refractivity contribution in [2.24, 2.45) is 0 Å². The highest BCUT2D eigenvalue weighted by Crippen LogP contribution is 2.37. The van der Waals surface area contributed by atoms with Gasteiger partial charge in [0.1, 0.15) is 6.10 Å². The van der Waals surface area contributed by atoms with Crippen molar-refractivity contribution < 1.29 is 15.0 Å². The Kier molecular flexibility index (Phi) is 7.30. The minimum absolute atomic E-state index is 0.120. The Balaban J connectivity index is 1.50. The standard InChI is InChI=1S/C28H30ClNO3/c1-20-7-9-22(10-8-20)27(32)26(31)19-25(21-5-3-2-4-6-21)30-17-15-28(33,16-18-30)23-11-13-24(29)14-12-23/h2-14,25-26,31,33H,15-19H2,1H3. The second kappa shape index (κ2) is 10.2. The summed E-state index contributed by atoms with van der Waals surface area (Å²) in [5, 5.41) is 22.8. The number of ketones is 1. The summed E-state index contributed by atoms with van der Waals surface area (Å²) in [6.07, 6.45) is 0.339. The molecule has 1 fully saturated rings. The van der Waals surface area contributed by atoms with E-state index in [-0.39, 0.29) is 11.8 Å². The van der Waals surface area contributed by atoms with Crippen LogP contribution in [0.5, 0.6) is 0 Å². The van der Waals surface area contributed by atoms with Gasteiger partial charge >= 0.3 is 0 Å². The maximum atomic E-state index is 12.9. The number of benzene rings is 3. The molecule has 33 heavy (non-hydrogen) atoms. The molecule has 4 nitrogen and oxygen atoms in total. The molecule has 0 amide bonds. The molecule has 1 aliphatic rings. The third-order valence-corrected chi connectivity index (χ3v) is 6.97. The highest BCUT2D eigenvalue weighted by Gasteiger charge is 2.37. The summed E-state index contributed by atoms with van der Waals surface area (Å²) in [6, 6.07) is 24.6. The Morgan fingerprint density at radius 1 is 0.970 bits per heavy atom. The van der Waals surface area contributed by atoms with Crippen LogP contribution in [-0.2, 0) is 5.60 Å². The molecule has 0 radical (unpaired) electrons. The van der Waals surface area contributed by atoms with Crippen LogP contribution < -0.4 is 0 Å². The minimum Gasteiger partial charge on any atom is -0.385 e. The molecule has 4 rings (SSSR count). The van der Waals surface area contributed by atoms with Gasteiger partial charge in [-0.15, -0.1) is 0 Å². The number of hydrogen-bond donors (Lipinski definition) is 2. The molecule has 0 spiro atoms. The fraction of sp³-hybridized carbons (Fsp3) is 0.321. The number of aliphatic hydroxyl groups excluding tert-OH is 1. The summed E-state index contributed by atoms with van der Waals surface area (Å²) >= 11 is 6.01. The summed E-state index contributed by atoms with van der Waals surface area (Å²) < 4.78 is 0. The summed E-state index contributed by atoms with van der Waals surface area (Å²) in [5.74, 6) is -0.259. The molecule has 0 aliphatic carbocycles. The number of carbonyl (C=O) groups excluding carboxylic acids is 1. The van der Waals surface area contributed by atoms with Gasteiger partial charge in [0, 0.05) is 36.1 Å². The fourth-order valence-corrected chi connectivity index (χ4v) is 4.78. The van der Waals surface area contributed by atoms with Gasteiger partial charge in [-0.1, -0.05) is 83.9 Å². The van der Waals surface area contributed by atoms with Gasteiger partial charge in [-0.05, 0) is 43.0 Å². The van der Waals surface area contributed by atoms with Crippen LogP contribution in [0.1, 0.15) is 52.4 Å².